The summed E-state index contributed by atoms with van der Waals surface area (Å²) in [7, 11) is 1.59. The highest BCUT2D eigenvalue weighted by molar-refractivity contribution is 6.35. The van der Waals surface area contributed by atoms with Gasteiger partial charge in [-0.25, -0.2) is 9.50 Å². The summed E-state index contributed by atoms with van der Waals surface area (Å²) >= 11 is 6.09. The lowest BCUT2D eigenvalue weighted by Gasteiger charge is -2.15. The second-order valence-electron chi connectivity index (χ2n) is 5.27. The van der Waals surface area contributed by atoms with Crippen molar-refractivity contribution in [2.45, 2.75) is 25.4 Å². The van der Waals surface area contributed by atoms with Crippen LogP contribution in [-0.4, -0.2) is 52.7 Å². The molecule has 8 nitrogen and oxygen atoms in total. The summed E-state index contributed by atoms with van der Waals surface area (Å²) in [4.78, 5) is 3.86. The molecule has 3 rings (SSSR count). The van der Waals surface area contributed by atoms with Gasteiger partial charge in [0.25, 0.3) is 0 Å². The number of nitrogen functional groups attached to an aromatic ring is 1. The molecular formula is C15H20ClN5O3. The van der Waals surface area contributed by atoms with E-state index in [2.05, 4.69) is 16.2 Å². The summed E-state index contributed by atoms with van der Waals surface area (Å²) in [5.41, 5.74) is 7.17. The first-order valence-electron chi connectivity index (χ1n) is 7.55. The smallest absolute Gasteiger partial charge is 0.238 e. The molecule has 1 atom stereocenters. The van der Waals surface area contributed by atoms with Gasteiger partial charge in [-0.15, -0.1) is 5.10 Å². The Morgan fingerprint density at radius 1 is 1.62 bits per heavy atom. The first kappa shape index (κ1) is 18.4. The molecule has 0 bridgehead atoms. The van der Waals surface area contributed by atoms with Gasteiger partial charge in [0, 0.05) is 20.1 Å². The fourth-order valence-electron chi connectivity index (χ4n) is 2.35. The van der Waals surface area contributed by atoms with Crippen LogP contribution in [0.1, 0.15) is 24.1 Å². The van der Waals surface area contributed by atoms with E-state index in [-0.39, 0.29) is 12.1 Å². The van der Waals surface area contributed by atoms with Gasteiger partial charge < -0.3 is 20.3 Å². The van der Waals surface area contributed by atoms with Crippen LogP contribution < -0.4 is 5.73 Å². The van der Waals surface area contributed by atoms with Crippen LogP contribution in [0.5, 0.6) is 0 Å². The summed E-state index contributed by atoms with van der Waals surface area (Å²) in [6, 6.07) is 2.06. The van der Waals surface area contributed by atoms with Gasteiger partial charge in [-0.2, -0.15) is 5.26 Å². The number of methoxy groups -OCH3 is 1. The van der Waals surface area contributed by atoms with Crippen LogP contribution in [0.4, 0.5) is 5.95 Å². The summed E-state index contributed by atoms with van der Waals surface area (Å²) in [5, 5.41) is 22.3. The average Bonchev–Trinajstić information content (AvgIpc) is 2.85. The van der Waals surface area contributed by atoms with Crippen molar-refractivity contribution in [3.8, 4) is 6.07 Å². The molecule has 2 aromatic heterocycles. The Balaban J connectivity index is 0.000000249. The van der Waals surface area contributed by atoms with Crippen molar-refractivity contribution in [3.63, 3.8) is 0 Å². The maximum atomic E-state index is 9.10. The van der Waals surface area contributed by atoms with Crippen LogP contribution in [0.25, 0.3) is 5.52 Å². The van der Waals surface area contributed by atoms with Crippen molar-refractivity contribution in [1.82, 2.24) is 14.6 Å². The van der Waals surface area contributed by atoms with Crippen LogP contribution in [-0.2, 0) is 15.9 Å². The Bertz CT molecular complexity index is 722. The molecule has 24 heavy (non-hydrogen) atoms. The van der Waals surface area contributed by atoms with Crippen molar-refractivity contribution in [3.05, 3.63) is 22.5 Å². The third-order valence-corrected chi connectivity index (χ3v) is 3.91. The fraction of sp³-hybridized carbons (Fsp3) is 0.533. The molecule has 0 spiro atoms. The molecule has 2 aromatic rings. The largest absolute Gasteiger partial charge is 0.391 e. The van der Waals surface area contributed by atoms with Crippen molar-refractivity contribution in [2.75, 3.05) is 32.7 Å². The summed E-state index contributed by atoms with van der Waals surface area (Å²) < 4.78 is 11.5. The number of nitriles is 1. The molecule has 1 aliphatic heterocycles. The molecule has 1 saturated heterocycles. The van der Waals surface area contributed by atoms with Gasteiger partial charge in [-0.05, 0) is 12.8 Å². The Hall–Kier alpha value is -1.92. The molecule has 3 heterocycles. The zero-order valence-corrected chi connectivity index (χ0v) is 14.2. The topological polar surface area (TPSA) is 119 Å². The summed E-state index contributed by atoms with van der Waals surface area (Å²) in [6.07, 6.45) is 3.78. The van der Waals surface area contributed by atoms with E-state index in [4.69, 9.17) is 37.2 Å². The van der Waals surface area contributed by atoms with Crippen molar-refractivity contribution in [2.24, 2.45) is 0 Å². The van der Waals surface area contributed by atoms with Crippen LogP contribution in [0, 0.1) is 11.3 Å². The molecule has 1 unspecified atom stereocenters. The molecule has 1 fully saturated rings. The molecule has 9 heteroatoms. The Morgan fingerprint density at radius 2 is 2.42 bits per heavy atom. The average molecular weight is 354 g/mol. The van der Waals surface area contributed by atoms with Gasteiger partial charge in [0.15, 0.2) is 0 Å². The molecule has 0 saturated carbocycles. The van der Waals surface area contributed by atoms with E-state index in [0.717, 1.165) is 19.4 Å². The van der Waals surface area contributed by atoms with E-state index >= 15 is 0 Å². The van der Waals surface area contributed by atoms with Crippen molar-refractivity contribution >= 4 is 23.1 Å². The number of nitrogens with zero attached hydrogens (tertiary/aromatic N) is 4. The monoisotopic (exact) mass is 353 g/mol. The predicted octanol–water partition coefficient (Wildman–Crippen LogP) is 1.18. The number of aromatic nitrogens is 3. The highest BCUT2D eigenvalue weighted by Gasteiger charge is 2.18. The van der Waals surface area contributed by atoms with Crippen LogP contribution in [0.15, 0.2) is 6.20 Å². The van der Waals surface area contributed by atoms with Crippen LogP contribution in [0.2, 0.25) is 5.02 Å². The Morgan fingerprint density at radius 3 is 2.96 bits per heavy atom. The molecule has 3 N–H and O–H groups in total. The van der Waals surface area contributed by atoms with E-state index in [1.165, 1.54) is 6.20 Å². The van der Waals surface area contributed by atoms with Gasteiger partial charge in [0.2, 0.25) is 5.95 Å². The van der Waals surface area contributed by atoms with Crippen molar-refractivity contribution < 1.29 is 14.6 Å². The minimum atomic E-state index is -0.186. The van der Waals surface area contributed by atoms with E-state index < -0.39 is 0 Å². The first-order valence-corrected chi connectivity index (χ1v) is 7.92. The molecule has 130 valence electrons. The van der Waals surface area contributed by atoms with Gasteiger partial charge in [-0.3, -0.25) is 0 Å². The number of aliphatic hydroxyl groups is 1. The minimum absolute atomic E-state index is 0.132. The second-order valence-corrected chi connectivity index (χ2v) is 5.65. The molecule has 0 amide bonds. The zero-order chi connectivity index (χ0) is 17.5. The number of halogens is 1. The predicted molar refractivity (Wildman–Crippen MR) is 88.8 cm³/mol. The highest BCUT2D eigenvalue weighted by atomic mass is 35.5. The summed E-state index contributed by atoms with van der Waals surface area (Å²) in [6.45, 7) is 1.85. The van der Waals surface area contributed by atoms with Gasteiger partial charge in [-0.1, -0.05) is 11.6 Å². The SMILES string of the molecule is COCCc1c(C#N)c(Cl)c2cnc(N)nn12.OC1CCCOC1. The number of rotatable bonds is 3. The lowest BCUT2D eigenvalue weighted by Crippen LogP contribution is -2.21. The van der Waals surface area contributed by atoms with Gasteiger partial charge >= 0.3 is 0 Å². The number of ether oxygens (including phenoxy) is 2. The summed E-state index contributed by atoms with van der Waals surface area (Å²) in [5.74, 6) is 0.132. The highest BCUT2D eigenvalue weighted by Crippen LogP contribution is 2.27. The van der Waals surface area contributed by atoms with Gasteiger partial charge in [0.05, 0.1) is 41.8 Å². The normalized spacial score (nSPS) is 17.2. The number of hydrogen-bond acceptors (Lipinski definition) is 7. The van der Waals surface area contributed by atoms with E-state index in [9.17, 15) is 0 Å². The number of aliphatic hydroxyl groups excluding tert-OH is 1. The van der Waals surface area contributed by atoms with Crippen LogP contribution >= 0.6 is 11.6 Å². The van der Waals surface area contributed by atoms with E-state index in [0.29, 0.717) is 41.4 Å². The maximum absolute atomic E-state index is 9.10. The number of hydrogen-bond donors (Lipinski definition) is 2. The maximum Gasteiger partial charge on any atom is 0.238 e. The lowest BCUT2D eigenvalue weighted by atomic mass is 10.2. The number of nitrogens with two attached hydrogens (primary N) is 1. The third kappa shape index (κ3) is 4.33. The molecule has 0 aliphatic carbocycles. The molecule has 0 radical (unpaired) electrons. The quantitative estimate of drug-likeness (QED) is 0.850. The van der Waals surface area contributed by atoms with Crippen LogP contribution in [0.3, 0.4) is 0 Å². The second kappa shape index (κ2) is 8.80. The molecule has 1 aliphatic rings. The minimum Gasteiger partial charge on any atom is -0.391 e. The third-order valence-electron chi connectivity index (χ3n) is 3.53. The fourth-order valence-corrected chi connectivity index (χ4v) is 2.63. The standard InChI is InChI=1S/C10H10ClN5O.C5H10O2/c1-17-3-2-7-6(4-12)9(11)8-5-14-10(13)15-16(7)8;6-5-2-1-3-7-4-5/h5H,2-3H2,1H3,(H2,13,15);5-6H,1-4H2. The van der Waals surface area contributed by atoms with E-state index in [1.54, 1.807) is 11.6 Å². The van der Waals surface area contributed by atoms with Crippen molar-refractivity contribution in [1.29, 1.82) is 5.26 Å². The van der Waals surface area contributed by atoms with E-state index in [1.807, 2.05) is 0 Å². The lowest BCUT2D eigenvalue weighted by molar-refractivity contribution is -0.00535. The number of fused-ring (bicyclic) bond motifs is 1. The Kier molecular flexibility index (Phi) is 6.75. The zero-order valence-electron chi connectivity index (χ0n) is 13.4. The molecular weight excluding hydrogens is 334 g/mol. The molecule has 0 aromatic carbocycles. The Labute approximate surface area is 144 Å². The van der Waals surface area contributed by atoms with Gasteiger partial charge in [0.1, 0.15) is 11.6 Å². The first-order chi connectivity index (χ1) is 11.6. The number of anilines is 1.